The van der Waals surface area contributed by atoms with E-state index < -0.39 is 10.0 Å². The zero-order valence-electron chi connectivity index (χ0n) is 13.1. The molecule has 0 spiro atoms. The molecule has 6 nitrogen and oxygen atoms in total. The monoisotopic (exact) mass is 326 g/mol. The average molecular weight is 326 g/mol. The molecule has 2 rings (SSSR count). The third-order valence-corrected chi connectivity index (χ3v) is 4.27. The predicted octanol–water partition coefficient (Wildman–Crippen LogP) is 1.09. The van der Waals surface area contributed by atoms with E-state index in [1.165, 1.54) is 5.56 Å². The number of hydrogen-bond acceptors (Lipinski definition) is 4. The summed E-state index contributed by atoms with van der Waals surface area (Å²) in [5.74, 6) is 0.314. The zero-order valence-corrected chi connectivity index (χ0v) is 13.9. The van der Waals surface area contributed by atoms with Crippen LogP contribution < -0.4 is 9.62 Å². The molecule has 7 heteroatoms. The van der Waals surface area contributed by atoms with Gasteiger partial charge in [-0.15, -0.1) is 0 Å². The van der Waals surface area contributed by atoms with Gasteiger partial charge in [-0.1, -0.05) is 26.0 Å². The molecule has 1 N–H and O–H groups in total. The number of carbonyl (C=O) groups excluding carboxylic acids is 1. The number of anilines is 1. The topological polar surface area (TPSA) is 75.7 Å². The molecule has 122 valence electrons. The molecular formula is C15H22N2O4S. The molecule has 0 aliphatic carbocycles. The van der Waals surface area contributed by atoms with Gasteiger partial charge in [0.25, 0.3) is 5.91 Å². The minimum absolute atomic E-state index is 0.0396. The molecule has 22 heavy (non-hydrogen) atoms. The summed E-state index contributed by atoms with van der Waals surface area (Å²) in [5.41, 5.74) is 2.02. The number of rotatable bonds is 5. The maximum Gasteiger partial charge on any atom is 0.253 e. The quantitative estimate of drug-likeness (QED) is 0.879. The number of benzene rings is 1. The van der Waals surface area contributed by atoms with Gasteiger partial charge < -0.3 is 9.64 Å². The molecule has 1 aliphatic rings. The van der Waals surface area contributed by atoms with Gasteiger partial charge in [0.15, 0.2) is 0 Å². The largest absolute Gasteiger partial charge is 0.365 e. The first kappa shape index (κ1) is 16.9. The van der Waals surface area contributed by atoms with Crippen molar-refractivity contribution >= 4 is 21.6 Å². The third kappa shape index (κ3) is 4.53. The van der Waals surface area contributed by atoms with Crippen molar-refractivity contribution < 1.29 is 17.9 Å². The van der Waals surface area contributed by atoms with Gasteiger partial charge >= 0.3 is 0 Å². The molecule has 1 atom stereocenters. The summed E-state index contributed by atoms with van der Waals surface area (Å²) >= 11 is 0. The molecule has 1 unspecified atom stereocenters. The number of nitrogens with zero attached hydrogens (tertiary/aromatic N) is 1. The maximum absolute atomic E-state index is 12.0. The van der Waals surface area contributed by atoms with Crippen molar-refractivity contribution in [1.29, 1.82) is 0 Å². The number of morpholine rings is 1. The van der Waals surface area contributed by atoms with Gasteiger partial charge in [0, 0.05) is 12.2 Å². The van der Waals surface area contributed by atoms with Crippen LogP contribution >= 0.6 is 0 Å². The van der Waals surface area contributed by atoms with E-state index in [2.05, 4.69) is 18.6 Å². The lowest BCUT2D eigenvalue weighted by Crippen LogP contribution is -2.50. The van der Waals surface area contributed by atoms with E-state index in [4.69, 9.17) is 4.74 Å². The fourth-order valence-corrected chi connectivity index (χ4v) is 2.77. The van der Waals surface area contributed by atoms with E-state index >= 15 is 0 Å². The number of sulfonamides is 1. The number of amides is 1. The number of ether oxygens (including phenoxy) is 1. The van der Waals surface area contributed by atoms with Crippen molar-refractivity contribution in [3.8, 4) is 0 Å². The summed E-state index contributed by atoms with van der Waals surface area (Å²) in [6.07, 6.45) is 0.751. The summed E-state index contributed by atoms with van der Waals surface area (Å²) in [6.45, 7) is 4.68. The Balaban J connectivity index is 2.06. The van der Waals surface area contributed by atoms with E-state index in [9.17, 15) is 13.2 Å². The van der Waals surface area contributed by atoms with Crippen LogP contribution in [0.1, 0.15) is 25.3 Å². The SMILES string of the molecule is CC(C)c1ccc(N2CC(CNS(C)(=O)=O)OCC2=O)cc1. The second-order valence-corrected chi connectivity index (χ2v) is 7.64. The van der Waals surface area contributed by atoms with Crippen LogP contribution in [0.4, 0.5) is 5.69 Å². The fourth-order valence-electron chi connectivity index (χ4n) is 2.28. The van der Waals surface area contributed by atoms with Crippen LogP contribution in [0, 0.1) is 0 Å². The van der Waals surface area contributed by atoms with E-state index in [0.717, 1.165) is 11.9 Å². The van der Waals surface area contributed by atoms with Gasteiger partial charge in [-0.2, -0.15) is 0 Å². The van der Waals surface area contributed by atoms with Gasteiger partial charge in [0.2, 0.25) is 10.0 Å². The van der Waals surface area contributed by atoms with E-state index in [-0.39, 0.29) is 25.2 Å². The second kappa shape index (κ2) is 6.76. The highest BCUT2D eigenvalue weighted by molar-refractivity contribution is 7.88. The molecule has 1 heterocycles. The van der Waals surface area contributed by atoms with E-state index in [1.807, 2.05) is 24.3 Å². The van der Waals surface area contributed by atoms with Crippen LogP contribution in [0.15, 0.2) is 24.3 Å². The molecule has 1 fully saturated rings. The first-order chi connectivity index (χ1) is 10.3. The highest BCUT2D eigenvalue weighted by Gasteiger charge is 2.27. The van der Waals surface area contributed by atoms with Gasteiger partial charge in [0.05, 0.1) is 18.9 Å². The highest BCUT2D eigenvalue weighted by Crippen LogP contribution is 2.22. The van der Waals surface area contributed by atoms with Crippen LogP contribution in [-0.4, -0.2) is 46.4 Å². The highest BCUT2D eigenvalue weighted by atomic mass is 32.2. The lowest BCUT2D eigenvalue weighted by molar-refractivity contribution is -0.129. The summed E-state index contributed by atoms with van der Waals surface area (Å²) < 4.78 is 30.1. The molecule has 1 aliphatic heterocycles. The number of nitrogens with one attached hydrogen (secondary N) is 1. The Hall–Kier alpha value is -1.44. The molecule has 0 saturated carbocycles. The first-order valence-electron chi connectivity index (χ1n) is 7.23. The molecule has 1 saturated heterocycles. The number of hydrogen-bond donors (Lipinski definition) is 1. The van der Waals surface area contributed by atoms with E-state index in [0.29, 0.717) is 12.5 Å². The Morgan fingerprint density at radius 3 is 2.50 bits per heavy atom. The van der Waals surface area contributed by atoms with Gasteiger partial charge in [0.1, 0.15) is 6.61 Å². The summed E-state index contributed by atoms with van der Waals surface area (Å²) in [4.78, 5) is 13.7. The van der Waals surface area contributed by atoms with Crippen LogP contribution in [0.5, 0.6) is 0 Å². The lowest BCUT2D eigenvalue weighted by atomic mass is 10.0. The Morgan fingerprint density at radius 2 is 1.95 bits per heavy atom. The van der Waals surface area contributed by atoms with Crippen molar-refractivity contribution in [3.63, 3.8) is 0 Å². The van der Waals surface area contributed by atoms with Crippen LogP contribution in [0.25, 0.3) is 0 Å². The number of carbonyl (C=O) groups is 1. The van der Waals surface area contributed by atoms with Crippen molar-refractivity contribution in [2.75, 3.05) is 30.9 Å². The smallest absolute Gasteiger partial charge is 0.253 e. The zero-order chi connectivity index (χ0) is 16.3. The molecule has 1 amide bonds. The molecule has 1 aromatic carbocycles. The minimum atomic E-state index is -3.27. The molecule has 1 aromatic rings. The average Bonchev–Trinajstić information content (AvgIpc) is 2.45. The van der Waals surface area contributed by atoms with Crippen LogP contribution in [0.2, 0.25) is 0 Å². The fraction of sp³-hybridized carbons (Fsp3) is 0.533. The molecule has 0 bridgehead atoms. The summed E-state index contributed by atoms with van der Waals surface area (Å²) in [7, 11) is -3.27. The molecule has 0 aromatic heterocycles. The predicted molar refractivity (Wildman–Crippen MR) is 85.5 cm³/mol. The van der Waals surface area contributed by atoms with Crippen LogP contribution in [0.3, 0.4) is 0 Å². The standard InChI is InChI=1S/C15H22N2O4S/c1-11(2)12-4-6-13(7-5-12)17-9-14(21-10-15(17)18)8-16-22(3,19)20/h4-7,11,14,16H,8-10H2,1-3H3. The van der Waals surface area contributed by atoms with Crippen molar-refractivity contribution in [2.45, 2.75) is 25.9 Å². The first-order valence-corrected chi connectivity index (χ1v) is 9.12. The normalized spacial score (nSPS) is 19.7. The van der Waals surface area contributed by atoms with Gasteiger partial charge in [-0.3, -0.25) is 4.79 Å². The van der Waals surface area contributed by atoms with Gasteiger partial charge in [-0.05, 0) is 23.6 Å². The Labute approximate surface area is 131 Å². The summed E-state index contributed by atoms with van der Waals surface area (Å²) in [5, 5.41) is 0. The third-order valence-electron chi connectivity index (χ3n) is 3.57. The van der Waals surface area contributed by atoms with Gasteiger partial charge in [-0.25, -0.2) is 13.1 Å². The van der Waals surface area contributed by atoms with E-state index in [1.54, 1.807) is 4.90 Å². The second-order valence-electron chi connectivity index (χ2n) is 5.80. The summed E-state index contributed by atoms with van der Waals surface area (Å²) in [6, 6.07) is 7.85. The van der Waals surface area contributed by atoms with Crippen molar-refractivity contribution in [2.24, 2.45) is 0 Å². The van der Waals surface area contributed by atoms with Crippen molar-refractivity contribution in [3.05, 3.63) is 29.8 Å². The Kier molecular flexibility index (Phi) is 5.20. The Bertz CT molecular complexity index is 625. The lowest BCUT2D eigenvalue weighted by Gasteiger charge is -2.33. The molecular weight excluding hydrogens is 304 g/mol. The maximum atomic E-state index is 12.0. The Morgan fingerprint density at radius 1 is 1.32 bits per heavy atom. The minimum Gasteiger partial charge on any atom is -0.365 e. The van der Waals surface area contributed by atoms with Crippen molar-refractivity contribution in [1.82, 2.24) is 4.72 Å². The molecule has 0 radical (unpaired) electrons. The van der Waals surface area contributed by atoms with Crippen LogP contribution in [-0.2, 0) is 19.6 Å².